The number of benzene rings is 1. The number of piperazine rings is 1. The van der Waals surface area contributed by atoms with Gasteiger partial charge >= 0.3 is 0 Å². The largest absolute Gasteiger partial charge is 0.454 e. The summed E-state index contributed by atoms with van der Waals surface area (Å²) < 4.78 is 10.6. The smallest absolute Gasteiger partial charge is 0.263 e. The normalized spacial score (nSPS) is 17.3. The summed E-state index contributed by atoms with van der Waals surface area (Å²) in [7, 11) is 0. The van der Waals surface area contributed by atoms with E-state index in [1.165, 1.54) is 0 Å². The van der Waals surface area contributed by atoms with Crippen LogP contribution < -0.4 is 14.8 Å². The molecule has 1 amide bonds. The molecule has 7 nitrogen and oxygen atoms in total. The number of carbonyl (C=O) groups excluding carboxylic acids is 1. The molecule has 2 aliphatic heterocycles. The van der Waals surface area contributed by atoms with E-state index in [0.717, 1.165) is 38.3 Å². The number of nitrogens with zero attached hydrogens (tertiary/aromatic N) is 3. The van der Waals surface area contributed by atoms with Gasteiger partial charge in [-0.05, 0) is 24.2 Å². The molecule has 1 fully saturated rings. The van der Waals surface area contributed by atoms with Gasteiger partial charge in [0.05, 0.1) is 0 Å². The molecule has 2 heterocycles. The highest BCUT2D eigenvalue weighted by Gasteiger charge is 2.17. The molecule has 0 saturated carbocycles. The molecule has 0 spiro atoms. The number of ether oxygens (including phenoxy) is 2. The number of hydrogen-bond donors (Lipinski definition) is 1. The van der Waals surface area contributed by atoms with Crippen molar-refractivity contribution in [2.24, 2.45) is 0 Å². The second kappa shape index (κ2) is 7.90. The molecule has 2 aliphatic rings. The van der Waals surface area contributed by atoms with E-state index in [0.29, 0.717) is 18.0 Å². The third kappa shape index (κ3) is 4.22. The summed E-state index contributed by atoms with van der Waals surface area (Å²) in [6.45, 7) is 7.27. The van der Waals surface area contributed by atoms with E-state index in [1.54, 1.807) is 6.20 Å². The minimum absolute atomic E-state index is 0.130. The zero-order valence-electron chi connectivity index (χ0n) is 14.3. The lowest BCUT2D eigenvalue weighted by molar-refractivity contribution is -0.117. The highest BCUT2D eigenvalue weighted by Crippen LogP contribution is 2.32. The summed E-state index contributed by atoms with van der Waals surface area (Å²) in [5.41, 5.74) is 1.03. The number of likely N-dealkylation sites (N-methyl/N-ethyl adjacent to an activating group) is 1. The van der Waals surface area contributed by atoms with Crippen LogP contribution in [0.15, 0.2) is 30.0 Å². The SMILES string of the molecule is CCN1CCN(/C=C(/C#N)C(=O)NCc2ccc3c(c2)OCO3)CC1. The van der Waals surface area contributed by atoms with E-state index in [-0.39, 0.29) is 18.3 Å². The van der Waals surface area contributed by atoms with Crippen LogP contribution in [0.2, 0.25) is 0 Å². The van der Waals surface area contributed by atoms with E-state index in [9.17, 15) is 10.1 Å². The summed E-state index contributed by atoms with van der Waals surface area (Å²) in [6, 6.07) is 7.52. The maximum Gasteiger partial charge on any atom is 0.263 e. The predicted octanol–water partition coefficient (Wildman–Crippen LogP) is 1.08. The monoisotopic (exact) mass is 342 g/mol. The minimum atomic E-state index is -0.363. The van der Waals surface area contributed by atoms with Crippen LogP contribution in [0.5, 0.6) is 11.5 Å². The maximum atomic E-state index is 12.3. The van der Waals surface area contributed by atoms with E-state index < -0.39 is 0 Å². The summed E-state index contributed by atoms with van der Waals surface area (Å²) in [6.07, 6.45) is 1.67. The molecule has 1 saturated heterocycles. The van der Waals surface area contributed by atoms with Crippen molar-refractivity contribution in [2.75, 3.05) is 39.5 Å². The van der Waals surface area contributed by atoms with Crippen molar-refractivity contribution >= 4 is 5.91 Å². The standard InChI is InChI=1S/C18H22N4O3/c1-2-21-5-7-22(8-6-21)12-15(10-19)18(23)20-11-14-3-4-16-17(9-14)25-13-24-16/h3-4,9,12H,2,5-8,11,13H2,1H3,(H,20,23)/b15-12-. The molecular formula is C18H22N4O3. The van der Waals surface area contributed by atoms with E-state index in [1.807, 2.05) is 29.2 Å². The number of nitriles is 1. The van der Waals surface area contributed by atoms with Gasteiger partial charge in [0.1, 0.15) is 11.6 Å². The predicted molar refractivity (Wildman–Crippen MR) is 91.8 cm³/mol. The third-order valence-electron chi connectivity index (χ3n) is 4.42. The van der Waals surface area contributed by atoms with Gasteiger partial charge in [-0.1, -0.05) is 13.0 Å². The second-order valence-electron chi connectivity index (χ2n) is 6.00. The molecule has 0 radical (unpaired) electrons. The van der Waals surface area contributed by atoms with E-state index in [2.05, 4.69) is 17.1 Å². The molecule has 0 unspecified atom stereocenters. The molecule has 0 bridgehead atoms. The van der Waals surface area contributed by atoms with Crippen molar-refractivity contribution in [1.82, 2.24) is 15.1 Å². The third-order valence-corrected chi connectivity index (χ3v) is 4.42. The Labute approximate surface area is 147 Å². The Morgan fingerprint density at radius 1 is 1.28 bits per heavy atom. The first-order chi connectivity index (χ1) is 12.2. The molecule has 7 heteroatoms. The molecule has 0 aromatic heterocycles. The first-order valence-corrected chi connectivity index (χ1v) is 8.44. The summed E-state index contributed by atoms with van der Waals surface area (Å²) in [4.78, 5) is 16.7. The molecule has 1 aromatic rings. The van der Waals surface area contributed by atoms with E-state index >= 15 is 0 Å². The van der Waals surface area contributed by atoms with Gasteiger partial charge in [-0.15, -0.1) is 0 Å². The second-order valence-corrected chi connectivity index (χ2v) is 6.00. The lowest BCUT2D eigenvalue weighted by Gasteiger charge is -2.33. The number of nitrogens with one attached hydrogen (secondary N) is 1. The Balaban J connectivity index is 1.56. The van der Waals surface area contributed by atoms with Crippen molar-refractivity contribution in [2.45, 2.75) is 13.5 Å². The molecule has 132 valence electrons. The van der Waals surface area contributed by atoms with Crippen LogP contribution in [0.1, 0.15) is 12.5 Å². The number of amides is 1. The Hall–Kier alpha value is -2.72. The summed E-state index contributed by atoms with van der Waals surface area (Å²) in [5, 5.41) is 12.1. The Morgan fingerprint density at radius 2 is 2.04 bits per heavy atom. The van der Waals surface area contributed by atoms with Gasteiger partial charge in [-0.2, -0.15) is 5.26 Å². The van der Waals surface area contributed by atoms with Gasteiger partial charge in [0.15, 0.2) is 11.5 Å². The van der Waals surface area contributed by atoms with Crippen LogP contribution in [0.3, 0.4) is 0 Å². The fourth-order valence-electron chi connectivity index (χ4n) is 2.86. The number of rotatable bonds is 5. The van der Waals surface area contributed by atoms with Gasteiger partial charge in [0.25, 0.3) is 5.91 Å². The van der Waals surface area contributed by atoms with Crippen molar-refractivity contribution in [3.63, 3.8) is 0 Å². The first-order valence-electron chi connectivity index (χ1n) is 8.44. The number of carbonyl (C=O) groups is 1. The maximum absolute atomic E-state index is 12.3. The van der Waals surface area contributed by atoms with Crippen LogP contribution in [0.4, 0.5) is 0 Å². The molecule has 3 rings (SSSR count). The zero-order chi connectivity index (χ0) is 17.6. The van der Waals surface area contributed by atoms with Crippen molar-refractivity contribution in [1.29, 1.82) is 5.26 Å². The Bertz CT molecular complexity index is 703. The van der Waals surface area contributed by atoms with Crippen LogP contribution in [-0.2, 0) is 11.3 Å². The fraction of sp³-hybridized carbons (Fsp3) is 0.444. The average Bonchev–Trinajstić information content (AvgIpc) is 3.12. The Kier molecular flexibility index (Phi) is 5.41. The highest BCUT2D eigenvalue weighted by molar-refractivity contribution is 5.97. The van der Waals surface area contributed by atoms with Crippen molar-refractivity contribution < 1.29 is 14.3 Å². The van der Waals surface area contributed by atoms with Crippen LogP contribution in [0.25, 0.3) is 0 Å². The topological polar surface area (TPSA) is 77.8 Å². The van der Waals surface area contributed by atoms with Crippen LogP contribution in [0, 0.1) is 11.3 Å². The molecule has 1 N–H and O–H groups in total. The number of hydrogen-bond acceptors (Lipinski definition) is 6. The van der Waals surface area contributed by atoms with Gasteiger partial charge in [-0.25, -0.2) is 0 Å². The average molecular weight is 342 g/mol. The molecule has 1 aromatic carbocycles. The van der Waals surface area contributed by atoms with Crippen molar-refractivity contribution in [3.05, 3.63) is 35.5 Å². The van der Waals surface area contributed by atoms with Crippen LogP contribution in [-0.4, -0.2) is 55.2 Å². The number of fused-ring (bicyclic) bond motifs is 1. The Morgan fingerprint density at radius 3 is 2.76 bits per heavy atom. The van der Waals surface area contributed by atoms with Crippen molar-refractivity contribution in [3.8, 4) is 17.6 Å². The zero-order valence-corrected chi connectivity index (χ0v) is 14.3. The molecule has 0 aliphatic carbocycles. The quantitative estimate of drug-likeness (QED) is 0.637. The van der Waals surface area contributed by atoms with Crippen LogP contribution >= 0.6 is 0 Å². The van der Waals surface area contributed by atoms with E-state index in [4.69, 9.17) is 9.47 Å². The molecule has 0 atom stereocenters. The molecule has 25 heavy (non-hydrogen) atoms. The van der Waals surface area contributed by atoms with Gasteiger partial charge in [0.2, 0.25) is 6.79 Å². The summed E-state index contributed by atoms with van der Waals surface area (Å²) >= 11 is 0. The minimum Gasteiger partial charge on any atom is -0.454 e. The highest BCUT2D eigenvalue weighted by atomic mass is 16.7. The first kappa shape index (κ1) is 17.1. The van der Waals surface area contributed by atoms with Gasteiger partial charge in [-0.3, -0.25) is 4.79 Å². The lowest BCUT2D eigenvalue weighted by Crippen LogP contribution is -2.44. The fourth-order valence-corrected chi connectivity index (χ4v) is 2.86. The molecular weight excluding hydrogens is 320 g/mol. The summed E-state index contributed by atoms with van der Waals surface area (Å²) in [5.74, 6) is 1.02. The van der Waals surface area contributed by atoms with Gasteiger partial charge in [0, 0.05) is 38.9 Å². The lowest BCUT2D eigenvalue weighted by atomic mass is 10.2. The van der Waals surface area contributed by atoms with Gasteiger partial charge < -0.3 is 24.6 Å².